The van der Waals surface area contributed by atoms with E-state index in [2.05, 4.69) is 10.2 Å². The van der Waals surface area contributed by atoms with E-state index in [4.69, 9.17) is 5.73 Å². The van der Waals surface area contributed by atoms with E-state index in [1.54, 1.807) is 0 Å². The summed E-state index contributed by atoms with van der Waals surface area (Å²) >= 11 is 2.84. The molecule has 0 aromatic carbocycles. The van der Waals surface area contributed by atoms with Crippen molar-refractivity contribution in [2.45, 2.75) is 28.9 Å². The normalized spacial score (nSPS) is 22.5. The van der Waals surface area contributed by atoms with E-state index in [1.807, 2.05) is 0 Å². The number of nitrogens with two attached hydrogens (primary N) is 1. The van der Waals surface area contributed by atoms with Gasteiger partial charge in [-0.05, 0) is 12.8 Å². The molecule has 4 nitrogen and oxygen atoms in total. The Balaban J connectivity index is 2.01. The summed E-state index contributed by atoms with van der Waals surface area (Å²) < 4.78 is 0.803. The molecule has 0 amide bonds. The fourth-order valence-corrected chi connectivity index (χ4v) is 3.30. The number of carbonyl (C=O) groups is 1. The molecule has 0 radical (unpaired) electrons. The number of aromatic nitrogens is 2. The highest BCUT2D eigenvalue weighted by Crippen LogP contribution is 2.34. The standard InChI is InChI=1S/C7H9N3OS2/c8-6-9-10-7(13-6)12-5-3-1-2-4(5)11/h5H,1-3H2,(H2,8,9)/t5-/m0/s1. The van der Waals surface area contributed by atoms with Crippen LogP contribution in [-0.4, -0.2) is 21.2 Å². The second-order valence-electron chi connectivity index (χ2n) is 2.87. The smallest absolute Gasteiger partial charge is 0.203 e. The first-order valence-corrected chi connectivity index (χ1v) is 5.73. The first-order chi connectivity index (χ1) is 6.25. The monoisotopic (exact) mass is 215 g/mol. The maximum atomic E-state index is 11.3. The summed E-state index contributed by atoms with van der Waals surface area (Å²) in [7, 11) is 0. The predicted molar refractivity (Wildman–Crippen MR) is 52.8 cm³/mol. The second kappa shape index (κ2) is 3.63. The summed E-state index contributed by atoms with van der Waals surface area (Å²) in [6.07, 6.45) is 2.68. The molecule has 13 heavy (non-hydrogen) atoms. The van der Waals surface area contributed by atoms with Crippen LogP contribution in [0.2, 0.25) is 0 Å². The molecular weight excluding hydrogens is 206 g/mol. The van der Waals surface area contributed by atoms with Gasteiger partial charge in [-0.2, -0.15) is 0 Å². The molecule has 0 bridgehead atoms. The van der Waals surface area contributed by atoms with Crippen molar-refractivity contribution in [3.8, 4) is 0 Å². The first kappa shape index (κ1) is 8.96. The predicted octanol–water partition coefficient (Wildman–Crippen LogP) is 1.33. The molecule has 1 aromatic rings. The van der Waals surface area contributed by atoms with E-state index >= 15 is 0 Å². The lowest BCUT2D eigenvalue weighted by atomic mass is 10.3. The lowest BCUT2D eigenvalue weighted by Gasteiger charge is -2.01. The van der Waals surface area contributed by atoms with Gasteiger partial charge in [-0.1, -0.05) is 23.1 Å². The third kappa shape index (κ3) is 2.00. The number of hydrogen-bond donors (Lipinski definition) is 1. The molecule has 1 fully saturated rings. The van der Waals surface area contributed by atoms with Crippen LogP contribution in [0.1, 0.15) is 19.3 Å². The number of hydrogen-bond acceptors (Lipinski definition) is 6. The topological polar surface area (TPSA) is 68.9 Å². The van der Waals surface area contributed by atoms with Gasteiger partial charge in [0.2, 0.25) is 5.13 Å². The molecule has 1 saturated carbocycles. The average molecular weight is 215 g/mol. The second-order valence-corrected chi connectivity index (χ2v) is 5.33. The van der Waals surface area contributed by atoms with Gasteiger partial charge in [-0.3, -0.25) is 4.79 Å². The molecule has 1 heterocycles. The Bertz CT molecular complexity index is 325. The molecule has 2 N–H and O–H groups in total. The highest BCUT2D eigenvalue weighted by Gasteiger charge is 2.26. The molecule has 0 aliphatic heterocycles. The quantitative estimate of drug-likeness (QED) is 0.806. The summed E-state index contributed by atoms with van der Waals surface area (Å²) in [5.74, 6) is 0.332. The molecule has 1 aromatic heterocycles. The molecule has 0 saturated heterocycles. The lowest BCUT2D eigenvalue weighted by molar-refractivity contribution is -0.116. The highest BCUT2D eigenvalue weighted by atomic mass is 32.2. The summed E-state index contributed by atoms with van der Waals surface area (Å²) in [4.78, 5) is 11.3. The molecule has 0 unspecified atom stereocenters. The average Bonchev–Trinajstić information content (AvgIpc) is 2.64. The van der Waals surface area contributed by atoms with Gasteiger partial charge in [0.15, 0.2) is 4.34 Å². The van der Waals surface area contributed by atoms with Gasteiger partial charge < -0.3 is 5.73 Å². The molecule has 2 rings (SSSR count). The number of nitrogens with zero attached hydrogens (tertiary/aromatic N) is 2. The van der Waals surface area contributed by atoms with Crippen LogP contribution in [0, 0.1) is 0 Å². The van der Waals surface area contributed by atoms with Gasteiger partial charge >= 0.3 is 0 Å². The van der Waals surface area contributed by atoms with Gasteiger partial charge in [0.25, 0.3) is 0 Å². The number of thioether (sulfide) groups is 1. The first-order valence-electron chi connectivity index (χ1n) is 4.04. The van der Waals surface area contributed by atoms with E-state index in [9.17, 15) is 4.79 Å². The van der Waals surface area contributed by atoms with Crippen LogP contribution in [0.25, 0.3) is 0 Å². The number of rotatable bonds is 2. The maximum absolute atomic E-state index is 11.3. The van der Waals surface area contributed by atoms with Gasteiger partial charge in [0.05, 0.1) is 5.25 Å². The molecule has 1 aliphatic carbocycles. The SMILES string of the molecule is Nc1nnc(S[C@H]2CCCC2=O)s1. The molecule has 1 atom stereocenters. The van der Waals surface area contributed by atoms with E-state index in [1.165, 1.54) is 23.1 Å². The van der Waals surface area contributed by atoms with Gasteiger partial charge in [-0.15, -0.1) is 10.2 Å². The van der Waals surface area contributed by atoms with Gasteiger partial charge in [-0.25, -0.2) is 0 Å². The summed E-state index contributed by atoms with van der Waals surface area (Å²) in [6.45, 7) is 0. The number of nitrogen functional groups attached to an aromatic ring is 1. The molecule has 6 heteroatoms. The Morgan fingerprint density at radius 1 is 1.54 bits per heavy atom. The minimum absolute atomic E-state index is 0.0901. The van der Waals surface area contributed by atoms with Crippen LogP contribution in [0.3, 0.4) is 0 Å². The minimum Gasteiger partial charge on any atom is -0.374 e. The largest absolute Gasteiger partial charge is 0.374 e. The number of ketones is 1. The van der Waals surface area contributed by atoms with Crippen LogP contribution < -0.4 is 5.73 Å². The highest BCUT2D eigenvalue weighted by molar-refractivity contribution is 8.02. The minimum atomic E-state index is 0.0901. The van der Waals surface area contributed by atoms with Crippen LogP contribution in [-0.2, 0) is 4.79 Å². The maximum Gasteiger partial charge on any atom is 0.203 e. The molecule has 1 aliphatic rings. The molecule has 70 valence electrons. The Morgan fingerprint density at radius 3 is 2.92 bits per heavy atom. The Morgan fingerprint density at radius 2 is 2.38 bits per heavy atom. The van der Waals surface area contributed by atoms with Crippen molar-refractivity contribution in [1.29, 1.82) is 0 Å². The van der Waals surface area contributed by atoms with Crippen molar-refractivity contribution in [3.05, 3.63) is 0 Å². The third-order valence-electron chi connectivity index (χ3n) is 1.91. The Labute approximate surface area is 83.9 Å². The van der Waals surface area contributed by atoms with Crippen molar-refractivity contribution >= 4 is 34.0 Å². The lowest BCUT2D eigenvalue weighted by Crippen LogP contribution is -2.07. The van der Waals surface area contributed by atoms with Crippen LogP contribution >= 0.6 is 23.1 Å². The fraction of sp³-hybridized carbons (Fsp3) is 0.571. The van der Waals surface area contributed by atoms with Crippen LogP contribution in [0.15, 0.2) is 4.34 Å². The van der Waals surface area contributed by atoms with Crippen molar-refractivity contribution in [3.63, 3.8) is 0 Å². The summed E-state index contributed by atoms with van der Waals surface area (Å²) in [6, 6.07) is 0. The van der Waals surface area contributed by atoms with E-state index in [0.29, 0.717) is 17.3 Å². The van der Waals surface area contributed by atoms with E-state index < -0.39 is 0 Å². The van der Waals surface area contributed by atoms with Gasteiger partial charge in [0.1, 0.15) is 5.78 Å². The molecular formula is C7H9N3OS2. The molecule has 0 spiro atoms. The van der Waals surface area contributed by atoms with Crippen LogP contribution in [0.5, 0.6) is 0 Å². The van der Waals surface area contributed by atoms with E-state index in [-0.39, 0.29) is 5.25 Å². The Hall–Kier alpha value is -0.620. The van der Waals surface area contributed by atoms with Crippen molar-refractivity contribution < 1.29 is 4.79 Å². The number of anilines is 1. The van der Waals surface area contributed by atoms with Crippen LogP contribution in [0.4, 0.5) is 5.13 Å². The zero-order valence-corrected chi connectivity index (χ0v) is 8.53. The number of carbonyl (C=O) groups excluding carboxylic acids is 1. The number of Topliss-reactive ketones (excluding diaryl/α,β-unsaturated/α-hetero) is 1. The summed E-state index contributed by atoms with van der Waals surface area (Å²) in [5, 5.41) is 8.12. The fourth-order valence-electron chi connectivity index (χ4n) is 1.30. The zero-order chi connectivity index (χ0) is 9.26. The van der Waals surface area contributed by atoms with E-state index in [0.717, 1.165) is 17.2 Å². The summed E-state index contributed by atoms with van der Waals surface area (Å²) in [5.41, 5.74) is 5.43. The van der Waals surface area contributed by atoms with Crippen molar-refractivity contribution in [1.82, 2.24) is 10.2 Å². The van der Waals surface area contributed by atoms with Crippen molar-refractivity contribution in [2.24, 2.45) is 0 Å². The van der Waals surface area contributed by atoms with Crippen molar-refractivity contribution in [2.75, 3.05) is 5.73 Å². The zero-order valence-electron chi connectivity index (χ0n) is 6.90. The van der Waals surface area contributed by atoms with Gasteiger partial charge in [0, 0.05) is 6.42 Å². The Kier molecular flexibility index (Phi) is 2.50. The third-order valence-corrected chi connectivity index (χ3v) is 4.07.